The number of carbonyl (C=O) groups excluding carboxylic acids is 4. The largest absolute Gasteiger partial charge is 2.00 e. The molecule has 6 aromatic rings. The zero-order valence-electron chi connectivity index (χ0n) is 22.5. The average molecular weight is 758 g/mol. The van der Waals surface area contributed by atoms with Gasteiger partial charge in [-0.3, -0.25) is 19.9 Å². The Balaban J connectivity index is 0.000000175. The van der Waals surface area contributed by atoms with E-state index in [9.17, 15) is 19.2 Å². The Morgan fingerprint density at radius 2 is 0.636 bits per heavy atom. The standard InChI is InChI=1S/2C12H8N2.C4GeO8.Cd.2H2O/c2*1-3-9-5-6-10-4-2-8-14-12(10)11(9)13-7-1;6-1-2(7)11-5(10-1)12-3(8)4(9)13-5;;;/h2*1-8H;;;2*1H2/q;;;+2;;. The molecule has 16 heteroatoms. The molecule has 4 aromatic heterocycles. The predicted molar refractivity (Wildman–Crippen MR) is 151 cm³/mol. The summed E-state index contributed by atoms with van der Waals surface area (Å²) in [6, 6.07) is 24.3. The van der Waals surface area contributed by atoms with Crippen LogP contribution >= 0.6 is 0 Å². The monoisotopic (exact) mass is 760 g/mol. The van der Waals surface area contributed by atoms with E-state index >= 15 is 0 Å². The van der Waals surface area contributed by atoms with Gasteiger partial charge in [-0.1, -0.05) is 48.5 Å². The van der Waals surface area contributed by atoms with E-state index in [2.05, 4.69) is 83.5 Å². The summed E-state index contributed by atoms with van der Waals surface area (Å²) >= 11 is -4.64. The molecule has 0 bridgehead atoms. The molecule has 216 valence electrons. The summed E-state index contributed by atoms with van der Waals surface area (Å²) in [5.74, 6) is -5.27. The summed E-state index contributed by atoms with van der Waals surface area (Å²) in [5, 5.41) is 4.55. The van der Waals surface area contributed by atoms with Gasteiger partial charge < -0.3 is 11.0 Å². The van der Waals surface area contributed by atoms with Crippen molar-refractivity contribution in [2.45, 2.75) is 0 Å². The Kier molecular flexibility index (Phi) is 10.9. The van der Waals surface area contributed by atoms with Crippen LogP contribution in [0.5, 0.6) is 0 Å². The van der Waals surface area contributed by atoms with E-state index in [1.54, 1.807) is 24.8 Å². The normalized spacial score (nSPS) is 14.0. The van der Waals surface area contributed by atoms with Crippen LogP contribution in [0.2, 0.25) is 0 Å². The molecule has 44 heavy (non-hydrogen) atoms. The van der Waals surface area contributed by atoms with Crippen LogP contribution in [0.15, 0.2) is 97.6 Å². The molecule has 0 unspecified atom stereocenters. The molecule has 0 radical (unpaired) electrons. The summed E-state index contributed by atoms with van der Waals surface area (Å²) in [4.78, 5) is 59.5. The van der Waals surface area contributed by atoms with Gasteiger partial charge >= 0.3 is 100 Å². The maximum Gasteiger partial charge on any atom is 2.00 e. The minimum absolute atomic E-state index is 0. The summed E-state index contributed by atoms with van der Waals surface area (Å²) in [7, 11) is 0. The Labute approximate surface area is 270 Å². The Hall–Kier alpha value is -4.66. The second kappa shape index (κ2) is 14.2. The minimum Gasteiger partial charge on any atom is -0.254 e. The quantitative estimate of drug-likeness (QED) is 0.122. The molecule has 0 amide bonds. The molecule has 2 saturated heterocycles. The smallest absolute Gasteiger partial charge is 0.254 e. The van der Waals surface area contributed by atoms with Gasteiger partial charge in [0.2, 0.25) is 0 Å². The first-order valence-electron chi connectivity index (χ1n) is 12.0. The maximum absolute atomic E-state index is 10.5. The first kappa shape index (κ1) is 33.8. The van der Waals surface area contributed by atoms with Crippen molar-refractivity contribution in [1.82, 2.24) is 19.9 Å². The van der Waals surface area contributed by atoms with Crippen LogP contribution in [0.1, 0.15) is 0 Å². The fourth-order valence-corrected chi connectivity index (χ4v) is 7.23. The van der Waals surface area contributed by atoms with Crippen LogP contribution in [0.3, 0.4) is 0 Å². The van der Waals surface area contributed by atoms with Gasteiger partial charge in [-0.05, 0) is 24.3 Å². The molecular weight excluding hydrogens is 737 g/mol. The first-order chi connectivity index (χ1) is 19.9. The summed E-state index contributed by atoms with van der Waals surface area (Å²) in [6.45, 7) is 0. The van der Waals surface area contributed by atoms with E-state index in [0.29, 0.717) is 0 Å². The minimum atomic E-state index is -4.64. The number of pyridine rings is 4. The van der Waals surface area contributed by atoms with Gasteiger partial charge in [-0.2, -0.15) is 0 Å². The fraction of sp³-hybridized carbons (Fsp3) is 0. The predicted octanol–water partition coefficient (Wildman–Crippen LogP) is 1.54. The van der Waals surface area contributed by atoms with Crippen LogP contribution in [0, 0.1) is 0 Å². The molecule has 4 N–H and O–H groups in total. The summed E-state index contributed by atoms with van der Waals surface area (Å²) in [6.07, 6.45) is 7.21. The number of aromatic nitrogens is 4. The van der Waals surface area contributed by atoms with E-state index in [-0.39, 0.29) is 38.3 Å². The Morgan fingerprint density at radius 1 is 0.409 bits per heavy atom. The molecular formula is C28H20CdGeN4O10+2. The van der Waals surface area contributed by atoms with Crippen LogP contribution in [-0.4, -0.2) is 69.4 Å². The van der Waals surface area contributed by atoms with E-state index in [4.69, 9.17) is 0 Å². The zero-order valence-corrected chi connectivity index (χ0v) is 28.6. The number of nitrogens with zero attached hydrogens (tertiary/aromatic N) is 4. The average Bonchev–Trinajstić information content (AvgIpc) is 3.45. The van der Waals surface area contributed by atoms with Crippen molar-refractivity contribution in [3.05, 3.63) is 97.6 Å². The zero-order chi connectivity index (χ0) is 28.4. The van der Waals surface area contributed by atoms with E-state index in [1.807, 2.05) is 24.3 Å². The van der Waals surface area contributed by atoms with Crippen molar-refractivity contribution in [2.24, 2.45) is 0 Å². The Bertz CT molecular complexity index is 1740. The molecule has 8 rings (SSSR count). The number of benzene rings is 2. The molecule has 2 aliphatic rings. The molecule has 2 aromatic carbocycles. The maximum atomic E-state index is 10.5. The molecule has 6 heterocycles. The van der Waals surface area contributed by atoms with Crippen molar-refractivity contribution in [3.63, 3.8) is 0 Å². The third kappa shape index (κ3) is 6.77. The Morgan fingerprint density at radius 3 is 0.864 bits per heavy atom. The van der Waals surface area contributed by atoms with E-state index in [1.165, 1.54) is 0 Å². The third-order valence-corrected chi connectivity index (χ3v) is 9.55. The van der Waals surface area contributed by atoms with Gasteiger partial charge in [-0.15, -0.1) is 0 Å². The van der Waals surface area contributed by atoms with Gasteiger partial charge in [0.15, 0.2) is 0 Å². The number of hydrogen-bond acceptors (Lipinski definition) is 12. The summed E-state index contributed by atoms with van der Waals surface area (Å²) in [5.41, 5.74) is 3.91. The van der Waals surface area contributed by atoms with Crippen LogP contribution in [0.4, 0.5) is 0 Å². The van der Waals surface area contributed by atoms with Crippen LogP contribution < -0.4 is 0 Å². The number of carbonyl (C=O) groups is 4. The molecule has 0 saturated carbocycles. The molecule has 2 aliphatic heterocycles. The van der Waals surface area contributed by atoms with Crippen molar-refractivity contribution in [3.8, 4) is 0 Å². The van der Waals surface area contributed by atoms with Gasteiger partial charge in [-0.25, -0.2) is 0 Å². The number of fused-ring (bicyclic) bond motifs is 6. The molecule has 1 spiro atoms. The van der Waals surface area contributed by atoms with Gasteiger partial charge in [0.05, 0.1) is 22.1 Å². The third-order valence-electron chi connectivity index (χ3n) is 5.89. The van der Waals surface area contributed by atoms with Crippen LogP contribution in [-0.2, 0) is 61.5 Å². The van der Waals surface area contributed by atoms with Gasteiger partial charge in [0, 0.05) is 46.3 Å². The SMILES string of the molecule is O.O.O=C1[O][Ge]2([O]C1=O)[O]C(=O)C(=O)[O]2.[Cd+2].c1cnc2c(c1)ccc1cccnc12.c1cnc2c(c1)ccc1cccnc12. The van der Waals surface area contributed by atoms with Crippen molar-refractivity contribution < 1.29 is 72.5 Å². The second-order valence-corrected chi connectivity index (χ2v) is 12.3. The van der Waals surface area contributed by atoms with Crippen molar-refractivity contribution in [1.29, 1.82) is 0 Å². The fourth-order valence-electron chi connectivity index (χ4n) is 4.11. The second-order valence-electron chi connectivity index (χ2n) is 8.49. The topological polar surface area (TPSA) is 220 Å². The van der Waals surface area contributed by atoms with Gasteiger partial charge in [0.1, 0.15) is 0 Å². The van der Waals surface area contributed by atoms with E-state index < -0.39 is 38.5 Å². The van der Waals surface area contributed by atoms with Crippen molar-refractivity contribution in [2.75, 3.05) is 0 Å². The molecule has 14 nitrogen and oxygen atoms in total. The summed E-state index contributed by atoms with van der Waals surface area (Å²) < 4.78 is 17.0. The molecule has 0 atom stereocenters. The van der Waals surface area contributed by atoms with E-state index in [0.717, 1.165) is 43.6 Å². The van der Waals surface area contributed by atoms with Crippen LogP contribution in [0.25, 0.3) is 43.6 Å². The van der Waals surface area contributed by atoms with Gasteiger partial charge in [0.25, 0.3) is 0 Å². The first-order valence-corrected chi connectivity index (χ1v) is 15.4. The molecule has 0 aliphatic carbocycles. The molecule has 2 fully saturated rings. The van der Waals surface area contributed by atoms with Crippen molar-refractivity contribution >= 4 is 82.1 Å². The number of hydrogen-bond donors (Lipinski definition) is 0. The number of rotatable bonds is 0.